The summed E-state index contributed by atoms with van der Waals surface area (Å²) in [5.41, 5.74) is 0.332. The molecule has 3 nitrogen and oxygen atoms in total. The summed E-state index contributed by atoms with van der Waals surface area (Å²) in [6.07, 6.45) is 0. The molecule has 98 valence electrons. The highest BCUT2D eigenvalue weighted by atomic mass is 19.1. The molecule has 0 heterocycles. The topological polar surface area (TPSA) is 46.5 Å². The molecule has 0 spiro atoms. The molecular weight excluding hydrogens is 254 g/mol. The van der Waals surface area contributed by atoms with Crippen molar-refractivity contribution in [2.75, 3.05) is 7.11 Å². The molecule has 0 aliphatic carbocycles. The molecule has 0 aromatic heterocycles. The third-order valence-corrected chi connectivity index (χ3v) is 2.58. The van der Waals surface area contributed by atoms with Gasteiger partial charge in [0.25, 0.3) is 0 Å². The van der Waals surface area contributed by atoms with E-state index in [4.69, 9.17) is 0 Å². The monoisotopic (exact) mass is 264 g/mol. The average molecular weight is 264 g/mol. The van der Waals surface area contributed by atoms with Crippen LogP contribution in [0.15, 0.2) is 36.4 Å². The lowest BCUT2D eigenvalue weighted by molar-refractivity contribution is 0.0600. The van der Waals surface area contributed by atoms with Gasteiger partial charge in [0.1, 0.15) is 17.4 Å². The maximum atomic E-state index is 13.9. The van der Waals surface area contributed by atoms with E-state index in [0.717, 1.165) is 18.2 Å². The van der Waals surface area contributed by atoms with Gasteiger partial charge in [-0.25, -0.2) is 13.6 Å². The van der Waals surface area contributed by atoms with Gasteiger partial charge in [0.05, 0.1) is 12.7 Å². The fourth-order valence-corrected chi connectivity index (χ4v) is 1.72. The van der Waals surface area contributed by atoms with Crippen LogP contribution in [0.5, 0.6) is 5.75 Å². The number of methoxy groups -OCH3 is 1. The molecule has 0 atom stereocenters. The molecule has 5 heteroatoms. The van der Waals surface area contributed by atoms with Gasteiger partial charge in [0.2, 0.25) is 0 Å². The van der Waals surface area contributed by atoms with E-state index in [2.05, 4.69) is 4.74 Å². The zero-order valence-corrected chi connectivity index (χ0v) is 9.98. The highest BCUT2D eigenvalue weighted by Gasteiger charge is 2.12. The molecule has 0 fully saturated rings. The molecule has 0 saturated carbocycles. The number of benzene rings is 2. The third kappa shape index (κ3) is 2.70. The van der Waals surface area contributed by atoms with E-state index in [1.54, 1.807) is 0 Å². The van der Waals surface area contributed by atoms with Gasteiger partial charge in [-0.2, -0.15) is 0 Å². The largest absolute Gasteiger partial charge is 0.508 e. The number of carbonyl (C=O) groups is 1. The highest BCUT2D eigenvalue weighted by molar-refractivity contribution is 5.90. The van der Waals surface area contributed by atoms with Crippen LogP contribution in [0, 0.1) is 11.6 Å². The summed E-state index contributed by atoms with van der Waals surface area (Å²) < 4.78 is 31.5. The summed E-state index contributed by atoms with van der Waals surface area (Å²) in [4.78, 5) is 11.2. The Morgan fingerprint density at radius 2 is 1.89 bits per heavy atom. The van der Waals surface area contributed by atoms with E-state index >= 15 is 0 Å². The summed E-state index contributed by atoms with van der Waals surface area (Å²) >= 11 is 0. The van der Waals surface area contributed by atoms with E-state index < -0.39 is 17.6 Å². The molecule has 19 heavy (non-hydrogen) atoms. The van der Waals surface area contributed by atoms with E-state index in [0.29, 0.717) is 0 Å². The molecule has 0 aliphatic heterocycles. The van der Waals surface area contributed by atoms with Crippen molar-refractivity contribution in [2.45, 2.75) is 0 Å². The molecule has 0 bridgehead atoms. The molecule has 0 aliphatic rings. The van der Waals surface area contributed by atoms with Crippen molar-refractivity contribution >= 4 is 5.97 Å². The maximum absolute atomic E-state index is 13.9. The molecule has 2 aromatic rings. The number of rotatable bonds is 2. The number of phenols is 1. The van der Waals surface area contributed by atoms with Crippen LogP contribution in [-0.2, 0) is 4.74 Å². The van der Waals surface area contributed by atoms with E-state index in [9.17, 15) is 18.7 Å². The number of carbonyl (C=O) groups excluding carboxylic acids is 1. The lowest BCUT2D eigenvalue weighted by atomic mass is 10.0. The predicted molar refractivity (Wildman–Crippen MR) is 64.8 cm³/mol. The Balaban J connectivity index is 2.49. The minimum atomic E-state index is -0.701. The van der Waals surface area contributed by atoms with Crippen LogP contribution >= 0.6 is 0 Å². The zero-order chi connectivity index (χ0) is 14.0. The van der Waals surface area contributed by atoms with E-state index in [1.165, 1.54) is 25.3 Å². The number of hydrogen-bond donors (Lipinski definition) is 1. The summed E-state index contributed by atoms with van der Waals surface area (Å²) in [6.45, 7) is 0. The van der Waals surface area contributed by atoms with Gasteiger partial charge >= 0.3 is 5.97 Å². The van der Waals surface area contributed by atoms with Crippen LogP contribution in [0.2, 0.25) is 0 Å². The van der Waals surface area contributed by atoms with Gasteiger partial charge in [-0.05, 0) is 29.8 Å². The molecule has 1 N–H and O–H groups in total. The average Bonchev–Trinajstić information content (AvgIpc) is 2.36. The summed E-state index contributed by atoms with van der Waals surface area (Å²) in [5.74, 6) is -2.33. The van der Waals surface area contributed by atoms with Crippen LogP contribution in [-0.4, -0.2) is 18.2 Å². The third-order valence-electron chi connectivity index (χ3n) is 2.58. The minimum Gasteiger partial charge on any atom is -0.508 e. The summed E-state index contributed by atoms with van der Waals surface area (Å²) in [5, 5.41) is 9.29. The van der Waals surface area contributed by atoms with Crippen LogP contribution in [0.3, 0.4) is 0 Å². The molecule has 2 aromatic carbocycles. The lowest BCUT2D eigenvalue weighted by Gasteiger charge is -2.06. The maximum Gasteiger partial charge on any atom is 0.337 e. The quantitative estimate of drug-likeness (QED) is 0.848. The number of ether oxygens (including phenoxy) is 1. The summed E-state index contributed by atoms with van der Waals surface area (Å²) in [6, 6.07) is 6.95. The fourth-order valence-electron chi connectivity index (χ4n) is 1.72. The number of hydrogen-bond acceptors (Lipinski definition) is 3. The smallest absolute Gasteiger partial charge is 0.337 e. The highest BCUT2D eigenvalue weighted by Crippen LogP contribution is 2.27. The van der Waals surface area contributed by atoms with Crippen molar-refractivity contribution in [3.8, 4) is 16.9 Å². The first-order valence-corrected chi connectivity index (χ1v) is 5.39. The minimum absolute atomic E-state index is 0.0596. The van der Waals surface area contributed by atoms with Crippen molar-refractivity contribution in [1.82, 2.24) is 0 Å². The Labute approximate surface area is 108 Å². The van der Waals surface area contributed by atoms with Gasteiger partial charge in [-0.1, -0.05) is 6.07 Å². The number of esters is 1. The summed E-state index contributed by atoms with van der Waals surface area (Å²) in [7, 11) is 1.19. The molecule has 0 saturated heterocycles. The van der Waals surface area contributed by atoms with Crippen molar-refractivity contribution in [3.05, 3.63) is 53.6 Å². The fraction of sp³-hybridized carbons (Fsp3) is 0.0714. The second kappa shape index (κ2) is 5.06. The Morgan fingerprint density at radius 3 is 2.47 bits per heavy atom. The molecule has 0 amide bonds. The second-order valence-corrected chi connectivity index (χ2v) is 3.88. The molecule has 0 radical (unpaired) electrons. The molecular formula is C14H10F2O3. The van der Waals surface area contributed by atoms with Crippen LogP contribution in [0.4, 0.5) is 8.78 Å². The lowest BCUT2D eigenvalue weighted by Crippen LogP contribution is -2.02. The predicted octanol–water partition coefficient (Wildman–Crippen LogP) is 3.12. The van der Waals surface area contributed by atoms with Crippen LogP contribution in [0.1, 0.15) is 10.4 Å². The first kappa shape index (κ1) is 13.0. The van der Waals surface area contributed by atoms with Crippen molar-refractivity contribution in [2.24, 2.45) is 0 Å². The molecule has 0 unspecified atom stereocenters. The Hall–Kier alpha value is -2.43. The first-order chi connectivity index (χ1) is 9.01. The number of phenolic OH excluding ortho intramolecular Hbond substituents is 1. The van der Waals surface area contributed by atoms with Crippen molar-refractivity contribution in [1.29, 1.82) is 0 Å². The number of halogens is 2. The number of aromatic hydroxyl groups is 1. The van der Waals surface area contributed by atoms with Crippen LogP contribution < -0.4 is 0 Å². The van der Waals surface area contributed by atoms with E-state index in [-0.39, 0.29) is 22.4 Å². The van der Waals surface area contributed by atoms with Gasteiger partial charge in [-0.15, -0.1) is 0 Å². The van der Waals surface area contributed by atoms with Gasteiger partial charge in [0.15, 0.2) is 0 Å². The van der Waals surface area contributed by atoms with E-state index in [1.807, 2.05) is 0 Å². The van der Waals surface area contributed by atoms with Crippen molar-refractivity contribution in [3.63, 3.8) is 0 Å². The normalized spacial score (nSPS) is 10.3. The van der Waals surface area contributed by atoms with Gasteiger partial charge in [-0.3, -0.25) is 0 Å². The van der Waals surface area contributed by atoms with Crippen molar-refractivity contribution < 1.29 is 23.4 Å². The second-order valence-electron chi connectivity index (χ2n) is 3.88. The standard InChI is InChI=1S/C14H10F2O3/c1-19-14(18)8-2-3-12(13(16)6-8)9-4-10(15)7-11(17)5-9/h2-7,17H,1H3. The van der Waals surface area contributed by atoms with Gasteiger partial charge < -0.3 is 9.84 Å². The van der Waals surface area contributed by atoms with Crippen LogP contribution in [0.25, 0.3) is 11.1 Å². The SMILES string of the molecule is COC(=O)c1ccc(-c2cc(O)cc(F)c2)c(F)c1. The zero-order valence-electron chi connectivity index (χ0n) is 9.98. The molecule has 2 rings (SSSR count). The first-order valence-electron chi connectivity index (χ1n) is 5.39. The van der Waals surface area contributed by atoms with Gasteiger partial charge in [0, 0.05) is 11.6 Å². The Bertz CT molecular complexity index is 618. The Kier molecular flexibility index (Phi) is 3.46. The Morgan fingerprint density at radius 1 is 1.16 bits per heavy atom.